The number of hydrogen-bond acceptors (Lipinski definition) is 5. The minimum atomic E-state index is -0.0607. The fourth-order valence-electron chi connectivity index (χ4n) is 2.46. The van der Waals surface area contributed by atoms with Crippen LogP contribution in [0, 0.1) is 0 Å². The van der Waals surface area contributed by atoms with Crippen LogP contribution in [0.25, 0.3) is 11.4 Å². The standard InChI is InChI=1S/C20H22N4O2S/c1-3-14-4-8-16(9-5-14)19-22-20(24-23-19)27-13-18(25)21-12-15-6-10-17(26-2)11-7-15/h4-11H,3,12-13H2,1-2H3,(H,21,25)(H,22,23,24). The molecule has 2 aromatic carbocycles. The zero-order chi connectivity index (χ0) is 19.1. The first kappa shape index (κ1) is 19.0. The Labute approximate surface area is 162 Å². The van der Waals surface area contributed by atoms with Crippen molar-refractivity contribution in [2.24, 2.45) is 0 Å². The predicted octanol–water partition coefficient (Wildman–Crippen LogP) is 3.45. The second kappa shape index (κ2) is 9.23. The van der Waals surface area contributed by atoms with Crippen molar-refractivity contribution in [3.05, 3.63) is 59.7 Å². The number of aryl methyl sites for hydroxylation is 1. The highest BCUT2D eigenvalue weighted by Gasteiger charge is 2.09. The molecule has 2 N–H and O–H groups in total. The number of methoxy groups -OCH3 is 1. The fraction of sp³-hybridized carbons (Fsp3) is 0.250. The molecule has 0 atom stereocenters. The highest BCUT2D eigenvalue weighted by Crippen LogP contribution is 2.19. The van der Waals surface area contributed by atoms with Gasteiger partial charge in [-0.1, -0.05) is 55.1 Å². The molecule has 140 valence electrons. The highest BCUT2D eigenvalue weighted by atomic mass is 32.2. The summed E-state index contributed by atoms with van der Waals surface area (Å²) in [5.41, 5.74) is 3.28. The van der Waals surface area contributed by atoms with Gasteiger partial charge in [-0.25, -0.2) is 4.98 Å². The van der Waals surface area contributed by atoms with Crippen molar-refractivity contribution in [2.45, 2.75) is 25.0 Å². The SMILES string of the molecule is CCc1ccc(-c2nc(SCC(=O)NCc3ccc(OC)cc3)n[nH]2)cc1. The van der Waals surface area contributed by atoms with Gasteiger partial charge in [-0.3, -0.25) is 9.89 Å². The fourth-order valence-corrected chi connectivity index (χ4v) is 3.09. The minimum Gasteiger partial charge on any atom is -0.497 e. The number of nitrogens with one attached hydrogen (secondary N) is 2. The van der Waals surface area contributed by atoms with Crippen LogP contribution < -0.4 is 10.1 Å². The molecule has 0 aliphatic rings. The number of carbonyl (C=O) groups excluding carboxylic acids is 1. The van der Waals surface area contributed by atoms with E-state index in [1.165, 1.54) is 17.3 Å². The van der Waals surface area contributed by atoms with Crippen LogP contribution in [-0.4, -0.2) is 34.0 Å². The van der Waals surface area contributed by atoms with Crippen LogP contribution in [0.1, 0.15) is 18.1 Å². The monoisotopic (exact) mass is 382 g/mol. The molecule has 3 aromatic rings. The first-order valence-electron chi connectivity index (χ1n) is 8.72. The number of nitrogens with zero attached hydrogens (tertiary/aromatic N) is 2. The quantitative estimate of drug-likeness (QED) is 0.583. The number of ether oxygens (including phenoxy) is 1. The van der Waals surface area contributed by atoms with E-state index in [0.29, 0.717) is 17.5 Å². The van der Waals surface area contributed by atoms with Crippen LogP contribution in [0.2, 0.25) is 0 Å². The van der Waals surface area contributed by atoms with Gasteiger partial charge in [0.2, 0.25) is 11.1 Å². The zero-order valence-electron chi connectivity index (χ0n) is 15.4. The molecule has 1 aromatic heterocycles. The average molecular weight is 382 g/mol. The van der Waals surface area contributed by atoms with E-state index in [1.807, 2.05) is 36.4 Å². The number of amides is 1. The smallest absolute Gasteiger partial charge is 0.230 e. The van der Waals surface area contributed by atoms with Crippen molar-refractivity contribution >= 4 is 17.7 Å². The van der Waals surface area contributed by atoms with E-state index < -0.39 is 0 Å². The van der Waals surface area contributed by atoms with Crippen LogP contribution in [0.3, 0.4) is 0 Å². The third-order valence-electron chi connectivity index (χ3n) is 4.08. The van der Waals surface area contributed by atoms with Gasteiger partial charge >= 0.3 is 0 Å². The maximum Gasteiger partial charge on any atom is 0.230 e. The lowest BCUT2D eigenvalue weighted by Crippen LogP contribution is -2.24. The summed E-state index contributed by atoms with van der Waals surface area (Å²) in [6.07, 6.45) is 1.00. The molecule has 0 unspecified atom stereocenters. The second-order valence-electron chi connectivity index (χ2n) is 5.93. The van der Waals surface area contributed by atoms with Gasteiger partial charge in [-0.05, 0) is 29.7 Å². The highest BCUT2D eigenvalue weighted by molar-refractivity contribution is 7.99. The van der Waals surface area contributed by atoms with Crippen LogP contribution in [-0.2, 0) is 17.8 Å². The van der Waals surface area contributed by atoms with Gasteiger partial charge in [-0.2, -0.15) is 0 Å². The molecule has 0 spiro atoms. The third kappa shape index (κ3) is 5.34. The number of carbonyl (C=O) groups is 1. The zero-order valence-corrected chi connectivity index (χ0v) is 16.2. The molecule has 0 saturated carbocycles. The molecule has 0 saturated heterocycles. The molecule has 0 aliphatic heterocycles. The molecule has 1 amide bonds. The first-order valence-corrected chi connectivity index (χ1v) is 9.70. The normalized spacial score (nSPS) is 10.6. The molecule has 0 aliphatic carbocycles. The number of H-pyrrole nitrogens is 1. The van der Waals surface area contributed by atoms with Crippen LogP contribution in [0.15, 0.2) is 53.7 Å². The van der Waals surface area contributed by atoms with E-state index in [9.17, 15) is 4.79 Å². The number of benzene rings is 2. The summed E-state index contributed by atoms with van der Waals surface area (Å²) < 4.78 is 5.12. The Kier molecular flexibility index (Phi) is 6.49. The van der Waals surface area contributed by atoms with E-state index in [0.717, 1.165) is 23.3 Å². The summed E-state index contributed by atoms with van der Waals surface area (Å²) >= 11 is 1.31. The molecule has 7 heteroatoms. The Bertz CT molecular complexity index is 876. The lowest BCUT2D eigenvalue weighted by Gasteiger charge is -2.05. The van der Waals surface area contributed by atoms with Gasteiger partial charge in [0.15, 0.2) is 5.82 Å². The number of aromatic nitrogens is 3. The van der Waals surface area contributed by atoms with Crippen molar-refractivity contribution in [1.29, 1.82) is 0 Å². The van der Waals surface area contributed by atoms with Gasteiger partial charge in [0, 0.05) is 12.1 Å². The topological polar surface area (TPSA) is 79.9 Å². The van der Waals surface area contributed by atoms with E-state index in [4.69, 9.17) is 4.74 Å². The summed E-state index contributed by atoms with van der Waals surface area (Å²) in [6, 6.07) is 15.8. The number of rotatable bonds is 8. The van der Waals surface area contributed by atoms with Crippen molar-refractivity contribution in [3.63, 3.8) is 0 Å². The Morgan fingerprint density at radius 1 is 1.11 bits per heavy atom. The Morgan fingerprint density at radius 3 is 2.48 bits per heavy atom. The summed E-state index contributed by atoms with van der Waals surface area (Å²) in [5.74, 6) is 1.71. The lowest BCUT2D eigenvalue weighted by molar-refractivity contribution is -0.118. The largest absolute Gasteiger partial charge is 0.497 e. The van der Waals surface area contributed by atoms with Crippen LogP contribution in [0.4, 0.5) is 0 Å². The van der Waals surface area contributed by atoms with Crippen molar-refractivity contribution in [1.82, 2.24) is 20.5 Å². The molecule has 3 rings (SSSR count). The Morgan fingerprint density at radius 2 is 1.81 bits per heavy atom. The van der Waals surface area contributed by atoms with Gasteiger partial charge in [0.05, 0.1) is 12.9 Å². The summed E-state index contributed by atoms with van der Waals surface area (Å²) in [5, 5.41) is 10.6. The second-order valence-corrected chi connectivity index (χ2v) is 6.87. The van der Waals surface area contributed by atoms with Gasteiger partial charge in [0.25, 0.3) is 0 Å². The number of aromatic amines is 1. The third-order valence-corrected chi connectivity index (χ3v) is 4.93. The average Bonchev–Trinajstić information content (AvgIpc) is 3.20. The van der Waals surface area contributed by atoms with Gasteiger partial charge in [-0.15, -0.1) is 5.10 Å². The molecule has 27 heavy (non-hydrogen) atoms. The maximum atomic E-state index is 12.0. The molecular weight excluding hydrogens is 360 g/mol. The van der Waals surface area contributed by atoms with E-state index in [2.05, 4.69) is 39.6 Å². The lowest BCUT2D eigenvalue weighted by atomic mass is 10.1. The van der Waals surface area contributed by atoms with E-state index in [-0.39, 0.29) is 11.7 Å². The molecular formula is C20H22N4O2S. The Hall–Kier alpha value is -2.80. The van der Waals surface area contributed by atoms with E-state index >= 15 is 0 Å². The molecule has 0 bridgehead atoms. The number of thioether (sulfide) groups is 1. The maximum absolute atomic E-state index is 12.0. The molecule has 6 nitrogen and oxygen atoms in total. The molecule has 0 fully saturated rings. The van der Waals surface area contributed by atoms with Crippen LogP contribution >= 0.6 is 11.8 Å². The number of hydrogen-bond donors (Lipinski definition) is 2. The van der Waals surface area contributed by atoms with Crippen LogP contribution in [0.5, 0.6) is 5.75 Å². The van der Waals surface area contributed by atoms with Crippen molar-refractivity contribution in [2.75, 3.05) is 12.9 Å². The van der Waals surface area contributed by atoms with Gasteiger partial charge in [0.1, 0.15) is 5.75 Å². The first-order chi connectivity index (χ1) is 13.2. The van der Waals surface area contributed by atoms with E-state index in [1.54, 1.807) is 7.11 Å². The summed E-state index contributed by atoms with van der Waals surface area (Å²) in [7, 11) is 1.63. The summed E-state index contributed by atoms with van der Waals surface area (Å²) in [6.45, 7) is 2.60. The molecule has 1 heterocycles. The molecule has 0 radical (unpaired) electrons. The van der Waals surface area contributed by atoms with Crippen molar-refractivity contribution in [3.8, 4) is 17.1 Å². The Balaban J connectivity index is 1.47. The van der Waals surface area contributed by atoms with Crippen molar-refractivity contribution < 1.29 is 9.53 Å². The predicted molar refractivity (Wildman–Crippen MR) is 107 cm³/mol. The summed E-state index contributed by atoms with van der Waals surface area (Å²) in [4.78, 5) is 16.5. The van der Waals surface area contributed by atoms with Gasteiger partial charge < -0.3 is 10.1 Å². The minimum absolute atomic E-state index is 0.0607.